The molecule has 2 amide bonds. The molecule has 1 unspecified atom stereocenters. The van der Waals surface area contributed by atoms with E-state index < -0.39 is 5.92 Å². The molecular weight excluding hydrogens is 452 g/mol. The smallest absolute Gasteiger partial charge is 0.232 e. The predicted octanol–water partition coefficient (Wildman–Crippen LogP) is 4.12. The van der Waals surface area contributed by atoms with Crippen LogP contribution in [-0.2, 0) is 27.8 Å². The molecule has 1 fully saturated rings. The van der Waals surface area contributed by atoms with Gasteiger partial charge in [-0.05, 0) is 59.9 Å². The SMILES string of the molecule is CC1(C)CN(C(=O)C2CC(=O)N(c3cccc(C#N)c3)C2)c2ccc(CCc3cncc(O)c3)cc21. The molecule has 36 heavy (non-hydrogen) atoms. The molecule has 1 aromatic heterocycles. The number of carbonyl (C=O) groups excluding carboxylic acids is 2. The highest BCUT2D eigenvalue weighted by atomic mass is 16.3. The number of nitrogens with zero attached hydrogens (tertiary/aromatic N) is 4. The number of fused-ring (bicyclic) bond motifs is 1. The molecular formula is C29H28N4O3. The summed E-state index contributed by atoms with van der Waals surface area (Å²) in [5, 5.41) is 18.9. The predicted molar refractivity (Wildman–Crippen MR) is 137 cm³/mol. The molecule has 2 aliphatic heterocycles. The highest BCUT2D eigenvalue weighted by molar-refractivity contribution is 6.05. The molecule has 0 saturated carbocycles. The van der Waals surface area contributed by atoms with Gasteiger partial charge in [0.05, 0.1) is 23.7 Å². The molecule has 182 valence electrons. The number of aryl methyl sites for hydroxylation is 2. The van der Waals surface area contributed by atoms with Gasteiger partial charge in [-0.2, -0.15) is 5.26 Å². The molecule has 3 heterocycles. The Hall–Kier alpha value is -4.18. The lowest BCUT2D eigenvalue weighted by Crippen LogP contribution is -2.39. The van der Waals surface area contributed by atoms with Crippen LogP contribution in [0.3, 0.4) is 0 Å². The molecule has 2 aliphatic rings. The van der Waals surface area contributed by atoms with Gasteiger partial charge in [0, 0.05) is 42.5 Å². The highest BCUT2D eigenvalue weighted by Crippen LogP contribution is 2.42. The summed E-state index contributed by atoms with van der Waals surface area (Å²) in [6.45, 7) is 5.16. The Kier molecular flexibility index (Phi) is 5.97. The number of aromatic nitrogens is 1. The second-order valence-corrected chi connectivity index (χ2v) is 10.3. The van der Waals surface area contributed by atoms with Gasteiger partial charge in [-0.1, -0.05) is 32.0 Å². The summed E-state index contributed by atoms with van der Waals surface area (Å²) in [4.78, 5) is 33.9. The fourth-order valence-electron chi connectivity index (χ4n) is 5.26. The molecule has 2 aromatic carbocycles. The Morgan fingerprint density at radius 1 is 1.14 bits per heavy atom. The number of hydrogen-bond acceptors (Lipinski definition) is 5. The zero-order valence-electron chi connectivity index (χ0n) is 20.4. The summed E-state index contributed by atoms with van der Waals surface area (Å²) in [6, 6.07) is 17.0. The summed E-state index contributed by atoms with van der Waals surface area (Å²) in [5.74, 6) is -0.395. The molecule has 0 bridgehead atoms. The van der Waals surface area contributed by atoms with Gasteiger partial charge in [0.15, 0.2) is 0 Å². The summed E-state index contributed by atoms with van der Waals surface area (Å²) >= 11 is 0. The summed E-state index contributed by atoms with van der Waals surface area (Å²) in [6.07, 6.45) is 4.91. The maximum Gasteiger partial charge on any atom is 0.232 e. The van der Waals surface area contributed by atoms with Crippen LogP contribution in [-0.4, -0.2) is 35.0 Å². The van der Waals surface area contributed by atoms with Gasteiger partial charge in [0.2, 0.25) is 11.8 Å². The van der Waals surface area contributed by atoms with Crippen molar-refractivity contribution in [2.45, 2.75) is 38.5 Å². The maximum absolute atomic E-state index is 13.6. The Morgan fingerprint density at radius 2 is 1.94 bits per heavy atom. The Balaban J connectivity index is 1.33. The normalized spacial score (nSPS) is 18.2. The van der Waals surface area contributed by atoms with Crippen LogP contribution in [0.1, 0.15) is 42.5 Å². The maximum atomic E-state index is 13.6. The number of anilines is 2. The van der Waals surface area contributed by atoms with Crippen molar-refractivity contribution in [3.63, 3.8) is 0 Å². The quantitative estimate of drug-likeness (QED) is 0.592. The van der Waals surface area contributed by atoms with E-state index in [0.29, 0.717) is 24.3 Å². The Bertz CT molecular complexity index is 1390. The van der Waals surface area contributed by atoms with E-state index in [4.69, 9.17) is 0 Å². The zero-order valence-corrected chi connectivity index (χ0v) is 20.4. The van der Waals surface area contributed by atoms with Crippen LogP contribution in [0, 0.1) is 17.2 Å². The largest absolute Gasteiger partial charge is 0.506 e. The van der Waals surface area contributed by atoms with E-state index in [2.05, 4.69) is 37.0 Å². The molecule has 1 saturated heterocycles. The minimum Gasteiger partial charge on any atom is -0.506 e. The number of aromatic hydroxyl groups is 1. The summed E-state index contributed by atoms with van der Waals surface area (Å²) < 4.78 is 0. The van der Waals surface area contributed by atoms with Gasteiger partial charge >= 0.3 is 0 Å². The second-order valence-electron chi connectivity index (χ2n) is 10.3. The third-order valence-corrected chi connectivity index (χ3v) is 7.14. The van der Waals surface area contributed by atoms with E-state index in [1.54, 1.807) is 41.4 Å². The van der Waals surface area contributed by atoms with E-state index in [-0.39, 0.29) is 29.4 Å². The molecule has 0 radical (unpaired) electrons. The van der Waals surface area contributed by atoms with Crippen molar-refractivity contribution in [3.8, 4) is 11.8 Å². The number of carbonyl (C=O) groups is 2. The fourth-order valence-corrected chi connectivity index (χ4v) is 5.26. The third kappa shape index (κ3) is 4.42. The van der Waals surface area contributed by atoms with E-state index in [0.717, 1.165) is 29.7 Å². The molecule has 0 aliphatic carbocycles. The standard InChI is InChI=1S/C29H28N4O3/c1-29(2)18-33(26-9-8-19(12-25(26)29)6-7-21-11-24(34)16-31-15-21)28(36)22-13-27(35)32(17-22)23-5-3-4-20(10-23)14-30/h3-5,8-12,15-16,22,34H,6-7,13,17-18H2,1-2H3. The number of benzene rings is 2. The lowest BCUT2D eigenvalue weighted by atomic mass is 9.85. The highest BCUT2D eigenvalue weighted by Gasteiger charge is 2.43. The first-order chi connectivity index (χ1) is 17.2. The van der Waals surface area contributed by atoms with E-state index in [9.17, 15) is 20.0 Å². The van der Waals surface area contributed by atoms with Gasteiger partial charge in [0.1, 0.15) is 5.75 Å². The molecule has 1 N–H and O–H groups in total. The topological polar surface area (TPSA) is 97.5 Å². The van der Waals surface area contributed by atoms with Crippen LogP contribution >= 0.6 is 0 Å². The van der Waals surface area contributed by atoms with Gasteiger partial charge in [-0.15, -0.1) is 0 Å². The number of rotatable bonds is 5. The van der Waals surface area contributed by atoms with Gasteiger partial charge in [-0.25, -0.2) is 0 Å². The van der Waals surface area contributed by atoms with Crippen molar-refractivity contribution in [1.29, 1.82) is 5.26 Å². The van der Waals surface area contributed by atoms with Crippen LogP contribution < -0.4 is 9.80 Å². The van der Waals surface area contributed by atoms with Crippen molar-refractivity contribution in [2.24, 2.45) is 5.92 Å². The van der Waals surface area contributed by atoms with Gasteiger partial charge < -0.3 is 14.9 Å². The molecule has 7 nitrogen and oxygen atoms in total. The van der Waals surface area contributed by atoms with E-state index in [1.165, 1.54) is 11.8 Å². The first-order valence-corrected chi connectivity index (χ1v) is 12.1. The molecule has 7 heteroatoms. The van der Waals surface area contributed by atoms with E-state index >= 15 is 0 Å². The van der Waals surface area contributed by atoms with Gasteiger partial charge in [0.25, 0.3) is 0 Å². The van der Waals surface area contributed by atoms with Crippen molar-refractivity contribution in [2.75, 3.05) is 22.9 Å². The fraction of sp³-hybridized carbons (Fsp3) is 0.310. The average Bonchev–Trinajstić information content (AvgIpc) is 3.39. The monoisotopic (exact) mass is 480 g/mol. The van der Waals surface area contributed by atoms with Crippen LogP contribution in [0.4, 0.5) is 11.4 Å². The minimum absolute atomic E-state index is 0.0345. The summed E-state index contributed by atoms with van der Waals surface area (Å²) in [5.41, 5.74) is 5.11. The number of pyridine rings is 1. The van der Waals surface area contributed by atoms with Crippen LogP contribution in [0.2, 0.25) is 0 Å². The van der Waals surface area contributed by atoms with Crippen molar-refractivity contribution >= 4 is 23.2 Å². The zero-order chi connectivity index (χ0) is 25.4. The third-order valence-electron chi connectivity index (χ3n) is 7.14. The second kappa shape index (κ2) is 9.12. The number of nitriles is 1. The molecule has 5 rings (SSSR count). The van der Waals surface area contributed by atoms with E-state index in [1.807, 2.05) is 11.0 Å². The van der Waals surface area contributed by atoms with Crippen molar-refractivity contribution in [3.05, 3.63) is 83.2 Å². The number of hydrogen-bond donors (Lipinski definition) is 1. The average molecular weight is 481 g/mol. The van der Waals surface area contributed by atoms with Crippen LogP contribution in [0.5, 0.6) is 5.75 Å². The first kappa shape index (κ1) is 23.6. The van der Waals surface area contributed by atoms with Crippen molar-refractivity contribution in [1.82, 2.24) is 4.98 Å². The Labute approximate surface area is 210 Å². The lowest BCUT2D eigenvalue weighted by Gasteiger charge is -2.23. The van der Waals surface area contributed by atoms with Crippen molar-refractivity contribution < 1.29 is 14.7 Å². The van der Waals surface area contributed by atoms with Crippen LogP contribution in [0.25, 0.3) is 0 Å². The Morgan fingerprint density at radius 3 is 2.72 bits per heavy atom. The molecule has 3 aromatic rings. The van der Waals surface area contributed by atoms with Gasteiger partial charge in [-0.3, -0.25) is 14.6 Å². The lowest BCUT2D eigenvalue weighted by molar-refractivity contribution is -0.124. The van der Waals surface area contributed by atoms with Crippen LogP contribution in [0.15, 0.2) is 60.9 Å². The first-order valence-electron chi connectivity index (χ1n) is 12.1. The number of amides is 2. The summed E-state index contributed by atoms with van der Waals surface area (Å²) in [7, 11) is 0. The minimum atomic E-state index is -0.428. The molecule has 0 spiro atoms. The molecule has 1 atom stereocenters.